The van der Waals surface area contributed by atoms with Gasteiger partial charge in [0.1, 0.15) is 5.78 Å². The van der Waals surface area contributed by atoms with Crippen LogP contribution < -0.4 is 16.0 Å². The van der Waals surface area contributed by atoms with Gasteiger partial charge in [0, 0.05) is 45.2 Å². The second-order valence-electron chi connectivity index (χ2n) is 11.3. The molecular weight excluding hydrogens is 586 g/mol. The molecule has 13 nitrogen and oxygen atoms in total. The minimum atomic E-state index is -1.05. The van der Waals surface area contributed by atoms with E-state index in [1.54, 1.807) is 0 Å². The first-order valence-corrected chi connectivity index (χ1v) is 16.6. The van der Waals surface area contributed by atoms with Gasteiger partial charge in [0.2, 0.25) is 17.7 Å². The van der Waals surface area contributed by atoms with Crippen LogP contribution in [0.1, 0.15) is 122 Å². The van der Waals surface area contributed by atoms with E-state index in [0.29, 0.717) is 32.8 Å². The number of aliphatic hydroxyl groups excluding tert-OH is 1. The molecule has 0 fully saturated rings. The fourth-order valence-electron chi connectivity index (χ4n) is 4.46. The molecule has 0 bridgehead atoms. The van der Waals surface area contributed by atoms with E-state index >= 15 is 0 Å². The molecule has 0 spiro atoms. The summed E-state index contributed by atoms with van der Waals surface area (Å²) in [5, 5.41) is 25.7. The van der Waals surface area contributed by atoms with Gasteiger partial charge in [-0.15, -0.1) is 0 Å². The molecule has 6 N–H and O–H groups in total. The number of unbranched alkanes of at least 4 members (excludes halogenated alkanes) is 11. The largest absolute Gasteiger partial charge is 0.503 e. The Hall–Kier alpha value is -3.06. The highest BCUT2D eigenvalue weighted by molar-refractivity contribution is 5.87. The van der Waals surface area contributed by atoms with E-state index in [9.17, 15) is 33.9 Å². The predicted molar refractivity (Wildman–Crippen MR) is 171 cm³/mol. The third kappa shape index (κ3) is 30.7. The van der Waals surface area contributed by atoms with Gasteiger partial charge in [0.05, 0.1) is 26.4 Å². The van der Waals surface area contributed by atoms with Gasteiger partial charge in [-0.3, -0.25) is 19.2 Å². The molecule has 45 heavy (non-hydrogen) atoms. The van der Waals surface area contributed by atoms with Crippen molar-refractivity contribution in [2.24, 2.45) is 0 Å². The van der Waals surface area contributed by atoms with Gasteiger partial charge in [-0.2, -0.15) is 0 Å². The molecule has 0 radical (unpaired) electrons. The Bertz CT molecular complexity index is 853. The fourth-order valence-corrected chi connectivity index (χ4v) is 4.46. The third-order valence-corrected chi connectivity index (χ3v) is 7.06. The quantitative estimate of drug-likeness (QED) is 0.0537. The third-order valence-electron chi connectivity index (χ3n) is 7.06. The number of carboxylic acid groups (broad SMARTS) is 2. The van der Waals surface area contributed by atoms with Crippen LogP contribution in [0, 0.1) is 0 Å². The molecule has 0 heterocycles. The van der Waals surface area contributed by atoms with Crippen LogP contribution in [-0.4, -0.2) is 96.0 Å². The molecule has 0 aromatic heterocycles. The molecule has 0 aromatic rings. The number of amides is 3. The minimum absolute atomic E-state index is 0.0316. The molecule has 1 atom stereocenters. The number of aliphatic carboxylic acids is 2. The summed E-state index contributed by atoms with van der Waals surface area (Å²) in [5.41, 5.74) is 0. The lowest BCUT2D eigenvalue weighted by molar-refractivity contribution is -0.137. The van der Waals surface area contributed by atoms with Crippen LogP contribution in [0.5, 0.6) is 0 Å². The Balaban J connectivity index is 3.47. The summed E-state index contributed by atoms with van der Waals surface area (Å²) in [6, 6.07) is -1.05. The Morgan fingerprint density at radius 1 is 0.578 bits per heavy atom. The summed E-state index contributed by atoms with van der Waals surface area (Å²) in [6.07, 6.45) is 14.1. The SMILES string of the molecule is CC(=O)CC[C@H](NC(=O)CCC(=O)NCCOCCOCCNC(=O)CCCCCCCCCCCCCCC(=O)O)C(O)=[OH+]. The van der Waals surface area contributed by atoms with Crippen molar-refractivity contribution in [1.29, 1.82) is 0 Å². The average Bonchev–Trinajstić information content (AvgIpc) is 2.98. The van der Waals surface area contributed by atoms with Crippen molar-refractivity contribution in [3.8, 4) is 0 Å². The molecule has 0 aromatic carbocycles. The normalized spacial score (nSPS) is 11.5. The Labute approximate surface area is 267 Å². The maximum Gasteiger partial charge on any atom is 0.503 e. The first-order valence-electron chi connectivity index (χ1n) is 16.6. The van der Waals surface area contributed by atoms with Gasteiger partial charge in [-0.1, -0.05) is 64.2 Å². The standard InChI is InChI=1S/C32H57N3O10/c1-26(36)16-17-27(32(42)43)35-30(39)19-18-29(38)34-21-23-45-25-24-44-22-20-33-28(37)14-12-10-8-6-4-2-3-5-7-9-11-13-15-31(40)41/h27H,2-25H2,1H3,(H,33,37)(H,34,38)(H,35,39)(H,40,41)(H,42,43)/p+1/t27-/m0/s1. The smallest absolute Gasteiger partial charge is 0.481 e. The average molecular weight is 645 g/mol. The van der Waals surface area contributed by atoms with E-state index < -0.39 is 23.9 Å². The van der Waals surface area contributed by atoms with Crippen LogP contribution in [0.2, 0.25) is 0 Å². The van der Waals surface area contributed by atoms with Gasteiger partial charge in [-0.05, 0) is 26.2 Å². The fraction of sp³-hybridized carbons (Fsp3) is 0.812. The predicted octanol–water partition coefficient (Wildman–Crippen LogP) is 3.49. The highest BCUT2D eigenvalue weighted by atomic mass is 16.5. The number of rotatable bonds is 32. The monoisotopic (exact) mass is 644 g/mol. The molecule has 0 saturated carbocycles. The second-order valence-corrected chi connectivity index (χ2v) is 11.3. The van der Waals surface area contributed by atoms with Crippen molar-refractivity contribution < 1.29 is 48.5 Å². The highest BCUT2D eigenvalue weighted by Crippen LogP contribution is 2.13. The van der Waals surface area contributed by atoms with E-state index in [-0.39, 0.29) is 62.9 Å². The molecule has 260 valence electrons. The van der Waals surface area contributed by atoms with Gasteiger partial charge >= 0.3 is 11.9 Å². The van der Waals surface area contributed by atoms with Gasteiger partial charge in [0.25, 0.3) is 0 Å². The number of ketones is 1. The maximum absolute atomic E-state index is 11.9. The number of carbonyl (C=O) groups is 5. The van der Waals surface area contributed by atoms with Crippen LogP contribution >= 0.6 is 0 Å². The van der Waals surface area contributed by atoms with E-state index in [0.717, 1.165) is 38.5 Å². The summed E-state index contributed by atoms with van der Waals surface area (Å²) in [7, 11) is 0. The van der Waals surface area contributed by atoms with E-state index in [1.807, 2.05) is 0 Å². The summed E-state index contributed by atoms with van der Waals surface area (Å²) < 4.78 is 10.8. The number of nitrogens with one attached hydrogen (secondary N) is 3. The van der Waals surface area contributed by atoms with Crippen molar-refractivity contribution in [3.63, 3.8) is 0 Å². The molecule has 0 aliphatic heterocycles. The Morgan fingerprint density at radius 3 is 1.44 bits per heavy atom. The summed E-state index contributed by atoms with van der Waals surface area (Å²) >= 11 is 0. The molecule has 0 saturated heterocycles. The molecule has 0 aliphatic rings. The lowest BCUT2D eigenvalue weighted by Gasteiger charge is -2.11. The molecule has 13 heteroatoms. The van der Waals surface area contributed by atoms with E-state index in [2.05, 4.69) is 16.0 Å². The van der Waals surface area contributed by atoms with Crippen LogP contribution in [0.25, 0.3) is 0 Å². The summed E-state index contributed by atoms with van der Waals surface area (Å²) in [5.74, 6) is -2.66. The number of carbonyl (C=O) groups excluding carboxylic acids is 4. The van der Waals surface area contributed by atoms with Gasteiger partial charge in [0.15, 0.2) is 6.04 Å². The van der Waals surface area contributed by atoms with Crippen LogP contribution in [-0.2, 0) is 33.4 Å². The van der Waals surface area contributed by atoms with Crippen molar-refractivity contribution in [2.75, 3.05) is 39.5 Å². The van der Waals surface area contributed by atoms with Crippen LogP contribution in [0.3, 0.4) is 0 Å². The van der Waals surface area contributed by atoms with Crippen molar-refractivity contribution >= 4 is 35.4 Å². The van der Waals surface area contributed by atoms with Crippen LogP contribution in [0.15, 0.2) is 0 Å². The zero-order valence-corrected chi connectivity index (χ0v) is 27.2. The number of carboxylic acids is 2. The summed E-state index contributed by atoms with van der Waals surface area (Å²) in [4.78, 5) is 66.5. The molecule has 0 aliphatic carbocycles. The summed E-state index contributed by atoms with van der Waals surface area (Å²) in [6.45, 7) is 3.43. The van der Waals surface area contributed by atoms with Gasteiger partial charge < -0.3 is 45.2 Å². The molecular formula is C32H58N3O10+. The number of hydrogen-bond acceptors (Lipinski definition) is 7. The highest BCUT2D eigenvalue weighted by Gasteiger charge is 2.25. The van der Waals surface area contributed by atoms with Gasteiger partial charge in [-0.25, -0.2) is 0 Å². The first-order chi connectivity index (χ1) is 21.6. The van der Waals surface area contributed by atoms with E-state index in [1.165, 1.54) is 45.4 Å². The molecule has 0 rings (SSSR count). The Kier molecular flexibility index (Phi) is 27.6. The topological polar surface area (TPSA) is 202 Å². The number of Topliss-reactive ketones (excluding diaryl/α,β-unsaturated/α-hetero) is 1. The number of hydrogen-bond donors (Lipinski definition) is 5. The first kappa shape index (κ1) is 41.9. The number of ether oxygens (including phenoxy) is 2. The van der Waals surface area contributed by atoms with E-state index in [4.69, 9.17) is 14.6 Å². The zero-order valence-electron chi connectivity index (χ0n) is 27.2. The zero-order chi connectivity index (χ0) is 33.5. The minimum Gasteiger partial charge on any atom is -0.481 e. The second kappa shape index (κ2) is 29.6. The lowest BCUT2D eigenvalue weighted by atomic mass is 10.0. The molecule has 3 amide bonds. The van der Waals surface area contributed by atoms with Crippen molar-refractivity contribution in [3.05, 3.63) is 0 Å². The molecule has 0 unspecified atom stereocenters. The Morgan fingerprint density at radius 2 is 1.00 bits per heavy atom. The maximum atomic E-state index is 11.9. The van der Waals surface area contributed by atoms with Crippen molar-refractivity contribution in [1.82, 2.24) is 16.0 Å². The van der Waals surface area contributed by atoms with Crippen LogP contribution in [0.4, 0.5) is 0 Å². The lowest BCUT2D eigenvalue weighted by Crippen LogP contribution is -2.41. The van der Waals surface area contributed by atoms with Crippen molar-refractivity contribution in [2.45, 2.75) is 129 Å².